The van der Waals surface area contributed by atoms with Gasteiger partial charge in [0.15, 0.2) is 0 Å². The van der Waals surface area contributed by atoms with Gasteiger partial charge in [-0.05, 0) is 48.4 Å². The van der Waals surface area contributed by atoms with Crippen molar-refractivity contribution in [1.29, 1.82) is 0 Å². The topological polar surface area (TPSA) is 123 Å². The van der Waals surface area contributed by atoms with Crippen LogP contribution in [0.4, 0.5) is 11.5 Å². The molecule has 1 amide bonds. The third-order valence-electron chi connectivity index (χ3n) is 5.34. The summed E-state index contributed by atoms with van der Waals surface area (Å²) in [4.78, 5) is 42.3. The fourth-order valence-electron chi connectivity index (χ4n) is 3.77. The second-order valence-electron chi connectivity index (χ2n) is 7.58. The fraction of sp³-hybridized carbons (Fsp3) is 0.160. The van der Waals surface area contributed by atoms with E-state index in [4.69, 9.17) is 4.74 Å². The van der Waals surface area contributed by atoms with Crippen LogP contribution in [0.15, 0.2) is 78.5 Å². The summed E-state index contributed by atoms with van der Waals surface area (Å²) in [5.74, 6) is -1.41. The Bertz CT molecular complexity index is 1270. The van der Waals surface area contributed by atoms with Gasteiger partial charge in [-0.15, -0.1) is 0 Å². The van der Waals surface area contributed by atoms with Crippen LogP contribution in [0.1, 0.15) is 30.5 Å². The molecular weight excluding hydrogens is 438 g/mol. The molecule has 0 saturated carbocycles. The Labute approximate surface area is 195 Å². The van der Waals surface area contributed by atoms with Gasteiger partial charge in [0.05, 0.1) is 23.1 Å². The third kappa shape index (κ3) is 4.23. The average molecular weight is 459 g/mol. The number of pyridine rings is 1. The minimum Gasteiger partial charge on any atom is -0.507 e. The third-order valence-corrected chi connectivity index (χ3v) is 5.34. The molecule has 1 atom stereocenters. The molecule has 1 aliphatic rings. The number of nitro benzene ring substituents is 1. The van der Waals surface area contributed by atoms with Crippen molar-refractivity contribution >= 4 is 29.0 Å². The molecule has 0 spiro atoms. The maximum atomic E-state index is 13.1. The van der Waals surface area contributed by atoms with Gasteiger partial charge in [-0.2, -0.15) is 0 Å². The Morgan fingerprint density at radius 1 is 1.12 bits per heavy atom. The molecule has 1 aliphatic heterocycles. The van der Waals surface area contributed by atoms with E-state index in [0.717, 1.165) is 11.3 Å². The van der Waals surface area contributed by atoms with E-state index in [1.54, 1.807) is 48.5 Å². The predicted molar refractivity (Wildman–Crippen MR) is 124 cm³/mol. The number of Topliss-reactive ketones (excluding diaryl/α,β-unsaturated/α-hetero) is 1. The van der Waals surface area contributed by atoms with E-state index < -0.39 is 28.4 Å². The normalized spacial score (nSPS) is 17.1. The van der Waals surface area contributed by atoms with Crippen molar-refractivity contribution in [2.45, 2.75) is 19.4 Å². The number of carbonyl (C=O) groups excluding carboxylic acids is 2. The van der Waals surface area contributed by atoms with Crippen LogP contribution in [0.25, 0.3) is 5.76 Å². The number of ketones is 1. The lowest BCUT2D eigenvalue weighted by atomic mass is 9.95. The molecule has 2 heterocycles. The summed E-state index contributed by atoms with van der Waals surface area (Å²) in [5.41, 5.74) is 0.210. The number of rotatable bonds is 7. The highest BCUT2D eigenvalue weighted by molar-refractivity contribution is 6.51. The van der Waals surface area contributed by atoms with Gasteiger partial charge >= 0.3 is 5.91 Å². The maximum absolute atomic E-state index is 13.1. The lowest BCUT2D eigenvalue weighted by molar-refractivity contribution is -0.384. The summed E-state index contributed by atoms with van der Waals surface area (Å²) in [6.07, 6.45) is 2.30. The van der Waals surface area contributed by atoms with Crippen LogP contribution in [-0.2, 0) is 9.59 Å². The number of amides is 1. The monoisotopic (exact) mass is 459 g/mol. The van der Waals surface area contributed by atoms with E-state index in [1.165, 1.54) is 24.4 Å². The highest BCUT2D eigenvalue weighted by Crippen LogP contribution is 2.42. The average Bonchev–Trinajstić information content (AvgIpc) is 3.13. The molecule has 9 heteroatoms. The Hall–Kier alpha value is -4.53. The number of aliphatic hydroxyl groups excluding tert-OH is 1. The minimum absolute atomic E-state index is 0.182. The number of anilines is 1. The summed E-state index contributed by atoms with van der Waals surface area (Å²) >= 11 is 0. The quantitative estimate of drug-likeness (QED) is 0.183. The van der Waals surface area contributed by atoms with Crippen molar-refractivity contribution in [2.75, 3.05) is 11.5 Å². The van der Waals surface area contributed by atoms with Crippen molar-refractivity contribution in [1.82, 2.24) is 4.98 Å². The number of nitro groups is 1. The molecule has 2 aromatic carbocycles. The van der Waals surface area contributed by atoms with E-state index in [0.29, 0.717) is 23.5 Å². The highest BCUT2D eigenvalue weighted by atomic mass is 16.6. The fourth-order valence-corrected chi connectivity index (χ4v) is 3.77. The summed E-state index contributed by atoms with van der Waals surface area (Å²) in [5, 5.41) is 22.5. The zero-order chi connectivity index (χ0) is 24.2. The van der Waals surface area contributed by atoms with Crippen LogP contribution in [-0.4, -0.2) is 33.3 Å². The molecule has 1 fully saturated rings. The molecule has 1 aromatic heterocycles. The van der Waals surface area contributed by atoms with Crippen molar-refractivity contribution in [3.05, 3.63) is 99.7 Å². The predicted octanol–water partition coefficient (Wildman–Crippen LogP) is 4.40. The van der Waals surface area contributed by atoms with E-state index in [-0.39, 0.29) is 17.1 Å². The first-order chi connectivity index (χ1) is 16.4. The molecule has 0 radical (unpaired) electrons. The molecule has 0 aliphatic carbocycles. The Morgan fingerprint density at radius 3 is 2.53 bits per heavy atom. The number of nitrogens with zero attached hydrogens (tertiary/aromatic N) is 3. The molecule has 9 nitrogen and oxygen atoms in total. The zero-order valence-corrected chi connectivity index (χ0v) is 18.2. The molecule has 34 heavy (non-hydrogen) atoms. The number of aromatic nitrogens is 1. The van der Waals surface area contributed by atoms with Crippen LogP contribution < -0.4 is 9.64 Å². The van der Waals surface area contributed by atoms with E-state index in [1.807, 2.05) is 6.92 Å². The van der Waals surface area contributed by atoms with Crippen molar-refractivity contribution in [3.63, 3.8) is 0 Å². The van der Waals surface area contributed by atoms with Crippen LogP contribution in [0.2, 0.25) is 0 Å². The van der Waals surface area contributed by atoms with E-state index in [2.05, 4.69) is 4.98 Å². The second kappa shape index (κ2) is 9.53. The van der Waals surface area contributed by atoms with E-state index >= 15 is 0 Å². The Morgan fingerprint density at radius 2 is 1.88 bits per heavy atom. The first-order valence-corrected chi connectivity index (χ1v) is 10.6. The van der Waals surface area contributed by atoms with Gasteiger partial charge in [-0.1, -0.05) is 25.1 Å². The Kier molecular flexibility index (Phi) is 6.35. The number of hydrogen-bond donors (Lipinski definition) is 1. The number of benzene rings is 2. The maximum Gasteiger partial charge on any atom is 0.301 e. The van der Waals surface area contributed by atoms with Gasteiger partial charge in [0, 0.05) is 23.9 Å². The minimum atomic E-state index is -1.11. The number of aliphatic hydroxyl groups is 1. The van der Waals surface area contributed by atoms with Crippen LogP contribution >= 0.6 is 0 Å². The number of non-ortho nitro benzene ring substituents is 1. The molecule has 0 bridgehead atoms. The first-order valence-electron chi connectivity index (χ1n) is 10.6. The van der Waals surface area contributed by atoms with Crippen LogP contribution in [0.3, 0.4) is 0 Å². The lowest BCUT2D eigenvalue weighted by Crippen LogP contribution is -2.30. The van der Waals surface area contributed by atoms with Crippen molar-refractivity contribution in [3.8, 4) is 5.75 Å². The second-order valence-corrected chi connectivity index (χ2v) is 7.58. The molecular formula is C25H21N3O6. The lowest BCUT2D eigenvalue weighted by Gasteiger charge is -2.24. The summed E-state index contributed by atoms with van der Waals surface area (Å²) in [7, 11) is 0. The Balaban J connectivity index is 1.87. The number of ether oxygens (including phenoxy) is 1. The largest absolute Gasteiger partial charge is 0.507 e. The summed E-state index contributed by atoms with van der Waals surface area (Å²) in [6.45, 7) is 2.52. The van der Waals surface area contributed by atoms with Crippen LogP contribution in [0.5, 0.6) is 5.75 Å². The van der Waals surface area contributed by atoms with Gasteiger partial charge < -0.3 is 9.84 Å². The molecule has 1 saturated heterocycles. The van der Waals surface area contributed by atoms with Gasteiger partial charge in [0.1, 0.15) is 17.3 Å². The van der Waals surface area contributed by atoms with Gasteiger partial charge in [0.2, 0.25) is 0 Å². The van der Waals surface area contributed by atoms with Gasteiger partial charge in [-0.3, -0.25) is 24.6 Å². The van der Waals surface area contributed by atoms with Gasteiger partial charge in [0.25, 0.3) is 11.5 Å². The molecule has 172 valence electrons. The highest BCUT2D eigenvalue weighted by Gasteiger charge is 2.47. The molecule has 1 N–H and O–H groups in total. The van der Waals surface area contributed by atoms with E-state index in [9.17, 15) is 24.8 Å². The summed E-state index contributed by atoms with van der Waals surface area (Å²) in [6, 6.07) is 15.8. The van der Waals surface area contributed by atoms with Crippen molar-refractivity contribution in [2.24, 2.45) is 0 Å². The molecule has 1 unspecified atom stereocenters. The standard InChI is InChI=1S/C25H21N3O6/c1-2-14-34-19-11-9-16(10-12-19)23(29)21-22(17-6-5-7-18(15-17)28(32)33)27(25(31)24(21)30)20-8-3-4-13-26-20/h3-13,15,22,29H,2,14H2,1H3/b23-21+. The van der Waals surface area contributed by atoms with Crippen molar-refractivity contribution < 1.29 is 24.4 Å². The number of carbonyl (C=O) groups is 2. The molecule has 4 rings (SSSR count). The molecule has 3 aromatic rings. The van der Waals surface area contributed by atoms with Gasteiger partial charge in [-0.25, -0.2) is 4.98 Å². The summed E-state index contributed by atoms with van der Waals surface area (Å²) < 4.78 is 5.56. The first kappa shape index (κ1) is 22.7. The van der Waals surface area contributed by atoms with Crippen LogP contribution in [0, 0.1) is 10.1 Å². The SMILES string of the molecule is CCCOc1ccc(/C(O)=C2\C(=O)C(=O)N(c3ccccn3)C2c2cccc([N+](=O)[O-])c2)cc1. The number of hydrogen-bond acceptors (Lipinski definition) is 7. The smallest absolute Gasteiger partial charge is 0.301 e. The zero-order valence-electron chi connectivity index (χ0n) is 18.2.